The van der Waals surface area contributed by atoms with E-state index in [1.807, 2.05) is 30.3 Å². The van der Waals surface area contributed by atoms with Gasteiger partial charge in [-0.25, -0.2) is 0 Å². The number of hydrogen-bond donors (Lipinski definition) is 0. The van der Waals surface area contributed by atoms with Crippen LogP contribution < -0.4 is 4.90 Å². The first-order valence-corrected chi connectivity index (χ1v) is 5.60. The molecule has 0 radical (unpaired) electrons. The van der Waals surface area contributed by atoms with Crippen molar-refractivity contribution in [3.05, 3.63) is 30.3 Å². The molecule has 3 nitrogen and oxygen atoms in total. The summed E-state index contributed by atoms with van der Waals surface area (Å²) in [6.45, 7) is 2.67. The molecule has 1 atom stereocenters. The molecule has 1 aromatic rings. The summed E-state index contributed by atoms with van der Waals surface area (Å²) in [6, 6.07) is 9.45. The van der Waals surface area contributed by atoms with Crippen LogP contribution in [-0.2, 0) is 9.53 Å². The molecule has 0 aliphatic carbocycles. The number of amides is 1. The van der Waals surface area contributed by atoms with Crippen molar-refractivity contribution in [1.82, 2.24) is 0 Å². The van der Waals surface area contributed by atoms with Gasteiger partial charge in [0, 0.05) is 19.3 Å². The number of alkyl halides is 1. The highest BCUT2D eigenvalue weighted by atomic mass is 35.5. The Morgan fingerprint density at radius 2 is 2.06 bits per heavy atom. The Morgan fingerprint density at radius 3 is 2.56 bits per heavy atom. The maximum atomic E-state index is 11.9. The van der Waals surface area contributed by atoms with E-state index in [0.29, 0.717) is 13.2 Å². The lowest BCUT2D eigenvalue weighted by molar-refractivity contribution is -0.118. The van der Waals surface area contributed by atoms with E-state index in [1.54, 1.807) is 18.9 Å². The van der Waals surface area contributed by atoms with E-state index < -0.39 is 5.38 Å². The van der Waals surface area contributed by atoms with E-state index in [1.165, 1.54) is 0 Å². The van der Waals surface area contributed by atoms with Crippen LogP contribution in [0.25, 0.3) is 0 Å². The second-order valence-corrected chi connectivity index (χ2v) is 4.09. The lowest BCUT2D eigenvalue weighted by atomic mass is 10.2. The molecule has 0 bridgehead atoms. The van der Waals surface area contributed by atoms with Gasteiger partial charge in [-0.2, -0.15) is 0 Å². The molecule has 0 spiro atoms. The molecular formula is C12H16ClNO2. The molecule has 0 aliphatic heterocycles. The van der Waals surface area contributed by atoms with Gasteiger partial charge in [-0.1, -0.05) is 18.2 Å². The summed E-state index contributed by atoms with van der Waals surface area (Å²) in [4.78, 5) is 13.5. The van der Waals surface area contributed by atoms with Crippen molar-refractivity contribution in [3.63, 3.8) is 0 Å². The van der Waals surface area contributed by atoms with Crippen molar-refractivity contribution in [2.24, 2.45) is 0 Å². The highest BCUT2D eigenvalue weighted by molar-refractivity contribution is 6.32. The fourth-order valence-electron chi connectivity index (χ4n) is 1.37. The quantitative estimate of drug-likeness (QED) is 0.741. The van der Waals surface area contributed by atoms with Crippen LogP contribution in [0.15, 0.2) is 30.3 Å². The zero-order valence-corrected chi connectivity index (χ0v) is 10.3. The fourth-order valence-corrected chi connectivity index (χ4v) is 1.49. The lowest BCUT2D eigenvalue weighted by Crippen LogP contribution is -2.38. The summed E-state index contributed by atoms with van der Waals surface area (Å²) < 4.78 is 4.99. The molecule has 4 heteroatoms. The summed E-state index contributed by atoms with van der Waals surface area (Å²) in [7, 11) is 1.61. The van der Waals surface area contributed by atoms with Crippen molar-refractivity contribution < 1.29 is 9.53 Å². The Morgan fingerprint density at radius 1 is 1.44 bits per heavy atom. The van der Waals surface area contributed by atoms with Gasteiger partial charge in [0.05, 0.1) is 6.61 Å². The second-order valence-electron chi connectivity index (χ2n) is 3.43. The van der Waals surface area contributed by atoms with Crippen molar-refractivity contribution in [2.75, 3.05) is 25.2 Å². The smallest absolute Gasteiger partial charge is 0.244 e. The zero-order valence-electron chi connectivity index (χ0n) is 9.52. The Kier molecular flexibility index (Phi) is 5.29. The van der Waals surface area contributed by atoms with Crippen LogP contribution >= 0.6 is 11.6 Å². The summed E-state index contributed by atoms with van der Waals surface area (Å²) in [5.41, 5.74) is 0.844. The number of carbonyl (C=O) groups is 1. The summed E-state index contributed by atoms with van der Waals surface area (Å²) in [5.74, 6) is -0.107. The third-order valence-electron chi connectivity index (χ3n) is 2.19. The Hall–Kier alpha value is -1.06. The Balaban J connectivity index is 2.83. The molecule has 1 amide bonds. The maximum Gasteiger partial charge on any atom is 0.244 e. The van der Waals surface area contributed by atoms with E-state index in [-0.39, 0.29) is 5.91 Å². The van der Waals surface area contributed by atoms with Crippen molar-refractivity contribution >= 4 is 23.2 Å². The SMILES string of the molecule is COCCN(C(=O)C(C)Cl)c1ccccc1. The van der Waals surface area contributed by atoms with Crippen molar-refractivity contribution in [1.29, 1.82) is 0 Å². The molecule has 0 N–H and O–H groups in total. The highest BCUT2D eigenvalue weighted by Crippen LogP contribution is 2.15. The van der Waals surface area contributed by atoms with Gasteiger partial charge < -0.3 is 9.64 Å². The highest BCUT2D eigenvalue weighted by Gasteiger charge is 2.19. The van der Waals surface area contributed by atoms with Crippen LogP contribution in [0.4, 0.5) is 5.69 Å². The van der Waals surface area contributed by atoms with Gasteiger partial charge in [0.2, 0.25) is 5.91 Å². The maximum absolute atomic E-state index is 11.9. The molecule has 0 fully saturated rings. The summed E-state index contributed by atoms with van der Waals surface area (Å²) in [5, 5.41) is -0.530. The zero-order chi connectivity index (χ0) is 12.0. The first-order valence-electron chi connectivity index (χ1n) is 5.16. The molecule has 0 aliphatic rings. The minimum Gasteiger partial charge on any atom is -0.383 e. The number of benzene rings is 1. The number of carbonyl (C=O) groups excluding carboxylic acids is 1. The van der Waals surface area contributed by atoms with Crippen molar-refractivity contribution in [2.45, 2.75) is 12.3 Å². The predicted molar refractivity (Wildman–Crippen MR) is 66.0 cm³/mol. The molecule has 1 aromatic carbocycles. The first kappa shape index (κ1) is 13.0. The number of para-hydroxylation sites is 1. The number of halogens is 1. The number of hydrogen-bond acceptors (Lipinski definition) is 2. The van der Waals surface area contributed by atoms with E-state index in [2.05, 4.69) is 0 Å². The lowest BCUT2D eigenvalue weighted by Gasteiger charge is -2.23. The number of ether oxygens (including phenoxy) is 1. The van der Waals surface area contributed by atoms with E-state index in [4.69, 9.17) is 16.3 Å². The van der Waals surface area contributed by atoms with Gasteiger partial charge in [-0.15, -0.1) is 11.6 Å². The van der Waals surface area contributed by atoms with E-state index >= 15 is 0 Å². The topological polar surface area (TPSA) is 29.5 Å². The predicted octanol–water partition coefficient (Wildman–Crippen LogP) is 2.29. The molecule has 0 heterocycles. The van der Waals surface area contributed by atoms with Gasteiger partial charge in [0.25, 0.3) is 0 Å². The summed E-state index contributed by atoms with van der Waals surface area (Å²) >= 11 is 5.82. The number of anilines is 1. The van der Waals surface area contributed by atoms with Crippen LogP contribution in [0.3, 0.4) is 0 Å². The molecular weight excluding hydrogens is 226 g/mol. The normalized spacial score (nSPS) is 12.2. The molecule has 0 aromatic heterocycles. The van der Waals surface area contributed by atoms with E-state index in [9.17, 15) is 4.79 Å². The number of rotatable bonds is 5. The average Bonchev–Trinajstić information content (AvgIpc) is 2.30. The van der Waals surface area contributed by atoms with Crippen LogP contribution in [-0.4, -0.2) is 31.5 Å². The standard InChI is InChI=1S/C12H16ClNO2/c1-10(13)12(15)14(8-9-16-2)11-6-4-3-5-7-11/h3-7,10H,8-9H2,1-2H3. The van der Waals surface area contributed by atoms with Crippen LogP contribution in [0.5, 0.6) is 0 Å². The monoisotopic (exact) mass is 241 g/mol. The van der Waals surface area contributed by atoms with Crippen molar-refractivity contribution in [3.8, 4) is 0 Å². The second kappa shape index (κ2) is 6.51. The molecule has 1 rings (SSSR count). The van der Waals surface area contributed by atoms with Crippen LogP contribution in [0.2, 0.25) is 0 Å². The van der Waals surface area contributed by atoms with Gasteiger partial charge in [0.1, 0.15) is 5.38 Å². The first-order chi connectivity index (χ1) is 7.66. The number of nitrogens with zero attached hydrogens (tertiary/aromatic N) is 1. The van der Waals surface area contributed by atoms with Crippen LogP contribution in [0.1, 0.15) is 6.92 Å². The Labute approximate surface area is 101 Å². The third kappa shape index (κ3) is 3.51. The van der Waals surface area contributed by atoms with Gasteiger partial charge in [-0.05, 0) is 19.1 Å². The summed E-state index contributed by atoms with van der Waals surface area (Å²) in [6.07, 6.45) is 0. The van der Waals surface area contributed by atoms with Gasteiger partial charge in [0.15, 0.2) is 0 Å². The molecule has 1 unspecified atom stereocenters. The minimum absolute atomic E-state index is 0.107. The average molecular weight is 242 g/mol. The van der Waals surface area contributed by atoms with E-state index in [0.717, 1.165) is 5.69 Å². The minimum atomic E-state index is -0.530. The molecule has 88 valence electrons. The molecule has 0 saturated carbocycles. The largest absolute Gasteiger partial charge is 0.383 e. The van der Waals surface area contributed by atoms with Crippen LogP contribution in [0, 0.1) is 0 Å². The fraction of sp³-hybridized carbons (Fsp3) is 0.417. The molecule has 16 heavy (non-hydrogen) atoms. The number of methoxy groups -OCH3 is 1. The third-order valence-corrected chi connectivity index (χ3v) is 2.38. The Bertz CT molecular complexity index is 327. The van der Waals surface area contributed by atoms with Gasteiger partial charge >= 0.3 is 0 Å². The molecule has 0 saturated heterocycles. The van der Waals surface area contributed by atoms with Gasteiger partial charge in [-0.3, -0.25) is 4.79 Å².